The number of carbonyl (C=O) groups is 3. The lowest BCUT2D eigenvalue weighted by Gasteiger charge is -2.18. The third kappa shape index (κ3) is 7.02. The van der Waals surface area contributed by atoms with Crippen LogP contribution in [0.2, 0.25) is 0 Å². The molecule has 152 valence electrons. The Labute approximate surface area is 164 Å². The van der Waals surface area contributed by atoms with Gasteiger partial charge in [-0.2, -0.15) is 0 Å². The van der Waals surface area contributed by atoms with E-state index >= 15 is 0 Å². The van der Waals surface area contributed by atoms with E-state index in [0.717, 1.165) is 5.56 Å². The molecule has 2 rings (SSSR count). The summed E-state index contributed by atoms with van der Waals surface area (Å²) in [6.45, 7) is 0. The van der Waals surface area contributed by atoms with Gasteiger partial charge in [-0.05, 0) is 18.4 Å². The van der Waals surface area contributed by atoms with E-state index in [9.17, 15) is 24.6 Å². The van der Waals surface area contributed by atoms with Crippen molar-refractivity contribution in [3.63, 3.8) is 0 Å². The van der Waals surface area contributed by atoms with Crippen molar-refractivity contribution in [3.8, 4) is 0 Å². The monoisotopic (exact) mass is 388 g/mol. The summed E-state index contributed by atoms with van der Waals surface area (Å²) in [5.41, 5.74) is 0.977. The van der Waals surface area contributed by atoms with Crippen molar-refractivity contribution in [2.45, 2.75) is 57.2 Å². The number of aliphatic carboxylic acids is 1. The van der Waals surface area contributed by atoms with Crippen LogP contribution in [0.3, 0.4) is 0 Å². The third-order valence-electron chi connectivity index (χ3n) is 5.13. The Morgan fingerprint density at radius 3 is 2.50 bits per heavy atom. The fourth-order valence-corrected chi connectivity index (χ4v) is 3.62. The first-order chi connectivity index (χ1) is 13.4. The number of carbonyl (C=O) groups excluding carboxylic acids is 2. The van der Waals surface area contributed by atoms with E-state index in [1.807, 2.05) is 30.3 Å². The SMILES string of the molecule is O=C(O)CCCCC(=O)C[C@H]1[C@@H](O)CC(=O)[C@@H]1/C=C/[C@@H](O)Cc1ccccc1. The zero-order valence-corrected chi connectivity index (χ0v) is 15.9. The Kier molecular flexibility index (Phi) is 8.54. The molecule has 4 atom stereocenters. The molecule has 1 saturated carbocycles. The van der Waals surface area contributed by atoms with Crippen molar-refractivity contribution in [1.82, 2.24) is 0 Å². The number of carboxylic acid groups (broad SMARTS) is 1. The molecule has 1 aliphatic carbocycles. The number of ketones is 2. The Morgan fingerprint density at radius 2 is 1.82 bits per heavy atom. The summed E-state index contributed by atoms with van der Waals surface area (Å²) in [7, 11) is 0. The van der Waals surface area contributed by atoms with E-state index in [1.54, 1.807) is 12.2 Å². The maximum atomic E-state index is 12.2. The van der Waals surface area contributed by atoms with E-state index in [2.05, 4.69) is 0 Å². The van der Waals surface area contributed by atoms with Crippen LogP contribution in [0.25, 0.3) is 0 Å². The lowest BCUT2D eigenvalue weighted by molar-refractivity contribution is -0.137. The molecular weight excluding hydrogens is 360 g/mol. The lowest BCUT2D eigenvalue weighted by atomic mass is 9.87. The summed E-state index contributed by atoms with van der Waals surface area (Å²) in [5, 5.41) is 29.0. The first-order valence-electron chi connectivity index (χ1n) is 9.71. The quantitative estimate of drug-likeness (QED) is 0.396. The average molecular weight is 388 g/mol. The highest BCUT2D eigenvalue weighted by Crippen LogP contribution is 2.33. The highest BCUT2D eigenvalue weighted by molar-refractivity contribution is 5.88. The number of Topliss-reactive ketones (excluding diaryl/α,β-unsaturated/α-hetero) is 2. The predicted octanol–water partition coefficient (Wildman–Crippen LogP) is 2.32. The molecule has 28 heavy (non-hydrogen) atoms. The van der Waals surface area contributed by atoms with Gasteiger partial charge in [0.2, 0.25) is 0 Å². The van der Waals surface area contributed by atoms with Crippen LogP contribution in [-0.2, 0) is 20.8 Å². The summed E-state index contributed by atoms with van der Waals surface area (Å²) < 4.78 is 0. The van der Waals surface area contributed by atoms with Crippen LogP contribution in [-0.4, -0.2) is 45.1 Å². The van der Waals surface area contributed by atoms with Crippen molar-refractivity contribution in [3.05, 3.63) is 48.0 Å². The Balaban J connectivity index is 1.89. The minimum absolute atomic E-state index is 0.0146. The number of aliphatic hydroxyl groups excluding tert-OH is 2. The Morgan fingerprint density at radius 1 is 1.14 bits per heavy atom. The first-order valence-corrected chi connectivity index (χ1v) is 9.71. The van der Waals surface area contributed by atoms with E-state index in [1.165, 1.54) is 0 Å². The molecule has 1 aliphatic rings. The van der Waals surface area contributed by atoms with Gasteiger partial charge in [-0.15, -0.1) is 0 Å². The molecule has 0 bridgehead atoms. The van der Waals surface area contributed by atoms with Gasteiger partial charge in [0.1, 0.15) is 11.6 Å². The summed E-state index contributed by atoms with van der Waals surface area (Å²) in [5.74, 6) is -2.15. The summed E-state index contributed by atoms with van der Waals surface area (Å²) in [6, 6.07) is 9.50. The molecule has 3 N–H and O–H groups in total. The Hall–Kier alpha value is -2.31. The number of aliphatic hydroxyl groups is 2. The van der Waals surface area contributed by atoms with Gasteiger partial charge in [0.25, 0.3) is 0 Å². The fraction of sp³-hybridized carbons (Fsp3) is 0.500. The molecule has 1 aromatic rings. The van der Waals surface area contributed by atoms with Crippen LogP contribution >= 0.6 is 0 Å². The van der Waals surface area contributed by atoms with Crippen molar-refractivity contribution in [2.75, 3.05) is 0 Å². The van der Waals surface area contributed by atoms with E-state index in [4.69, 9.17) is 5.11 Å². The number of rotatable bonds is 11. The molecule has 1 aromatic carbocycles. The van der Waals surface area contributed by atoms with Crippen molar-refractivity contribution in [2.24, 2.45) is 11.8 Å². The van der Waals surface area contributed by atoms with Crippen LogP contribution in [0.1, 0.15) is 44.1 Å². The van der Waals surface area contributed by atoms with E-state index < -0.39 is 30.0 Å². The number of carboxylic acids is 1. The molecular formula is C22H28O6. The first kappa shape index (κ1) is 22.0. The fourth-order valence-electron chi connectivity index (χ4n) is 3.62. The standard InChI is InChI=1S/C22H28O6/c23-16(8-4-5-9-22(27)28)13-19-18(20(25)14-21(19)26)11-10-17(24)12-15-6-2-1-3-7-15/h1-3,6-7,10-11,17-19,21,24,26H,4-5,8-9,12-14H2,(H,27,28)/b11-10+/t17-,18-,19-,21+/m1/s1. The normalized spacial score (nSPS) is 23.2. The van der Waals surface area contributed by atoms with E-state index in [0.29, 0.717) is 19.3 Å². The van der Waals surface area contributed by atoms with Crippen molar-refractivity contribution >= 4 is 17.5 Å². The van der Waals surface area contributed by atoms with Crippen molar-refractivity contribution < 1.29 is 29.7 Å². The molecule has 0 unspecified atom stereocenters. The molecule has 6 heteroatoms. The second-order valence-corrected chi connectivity index (χ2v) is 7.41. The number of hydrogen-bond acceptors (Lipinski definition) is 5. The number of benzene rings is 1. The zero-order valence-electron chi connectivity index (χ0n) is 15.9. The minimum atomic E-state index is -0.886. The largest absolute Gasteiger partial charge is 0.481 e. The molecule has 1 fully saturated rings. The van der Waals surface area contributed by atoms with Gasteiger partial charge >= 0.3 is 5.97 Å². The maximum Gasteiger partial charge on any atom is 0.303 e. The van der Waals surface area contributed by atoms with Crippen LogP contribution in [0.5, 0.6) is 0 Å². The highest BCUT2D eigenvalue weighted by Gasteiger charge is 2.40. The average Bonchev–Trinajstić information content (AvgIpc) is 2.90. The molecule has 0 saturated heterocycles. The second kappa shape index (κ2) is 10.9. The molecule has 0 heterocycles. The summed E-state index contributed by atoms with van der Waals surface area (Å²) in [6.07, 6.45) is 3.29. The topological polar surface area (TPSA) is 112 Å². The van der Waals surface area contributed by atoms with Gasteiger partial charge in [0, 0.05) is 43.9 Å². The smallest absolute Gasteiger partial charge is 0.303 e. The molecule has 0 spiro atoms. The molecule has 0 radical (unpaired) electrons. The van der Waals surface area contributed by atoms with Gasteiger partial charge < -0.3 is 15.3 Å². The third-order valence-corrected chi connectivity index (χ3v) is 5.13. The number of hydrogen-bond donors (Lipinski definition) is 3. The van der Waals surface area contributed by atoms with Crippen molar-refractivity contribution in [1.29, 1.82) is 0 Å². The molecule has 0 aromatic heterocycles. The van der Waals surface area contributed by atoms with Gasteiger partial charge in [-0.1, -0.05) is 42.5 Å². The predicted molar refractivity (Wildman–Crippen MR) is 104 cm³/mol. The highest BCUT2D eigenvalue weighted by atomic mass is 16.4. The molecule has 6 nitrogen and oxygen atoms in total. The zero-order chi connectivity index (χ0) is 20.5. The number of unbranched alkanes of at least 4 members (excludes halogenated alkanes) is 1. The lowest BCUT2D eigenvalue weighted by Crippen LogP contribution is -2.23. The van der Waals surface area contributed by atoms with E-state index in [-0.39, 0.29) is 37.2 Å². The van der Waals surface area contributed by atoms with Gasteiger partial charge in [-0.25, -0.2) is 0 Å². The molecule has 0 aliphatic heterocycles. The van der Waals surface area contributed by atoms with Gasteiger partial charge in [0.05, 0.1) is 12.2 Å². The summed E-state index contributed by atoms with van der Waals surface area (Å²) >= 11 is 0. The second-order valence-electron chi connectivity index (χ2n) is 7.41. The van der Waals surface area contributed by atoms with Crippen LogP contribution < -0.4 is 0 Å². The Bertz CT molecular complexity index is 696. The minimum Gasteiger partial charge on any atom is -0.481 e. The molecule has 0 amide bonds. The van der Waals surface area contributed by atoms with Crippen LogP contribution in [0.4, 0.5) is 0 Å². The summed E-state index contributed by atoms with van der Waals surface area (Å²) in [4.78, 5) is 34.9. The maximum absolute atomic E-state index is 12.2. The van der Waals surface area contributed by atoms with Crippen LogP contribution in [0, 0.1) is 11.8 Å². The van der Waals surface area contributed by atoms with Gasteiger partial charge in [-0.3, -0.25) is 14.4 Å². The number of allylic oxidation sites excluding steroid dienone is 1. The van der Waals surface area contributed by atoms with Crippen LogP contribution in [0.15, 0.2) is 42.5 Å². The van der Waals surface area contributed by atoms with Gasteiger partial charge in [0.15, 0.2) is 0 Å².